The van der Waals surface area contributed by atoms with Crippen LogP contribution in [0.3, 0.4) is 0 Å². The molecule has 1 aliphatic heterocycles. The van der Waals surface area contributed by atoms with Gasteiger partial charge in [-0.1, -0.05) is 48.6 Å². The summed E-state index contributed by atoms with van der Waals surface area (Å²) >= 11 is 0. The second-order valence-electron chi connectivity index (χ2n) is 5.37. The van der Waals surface area contributed by atoms with Gasteiger partial charge in [0.25, 0.3) is 0 Å². The van der Waals surface area contributed by atoms with Crippen molar-refractivity contribution in [3.05, 3.63) is 65.4 Å². The highest BCUT2D eigenvalue weighted by Gasteiger charge is 2.33. The van der Waals surface area contributed by atoms with Gasteiger partial charge < -0.3 is 4.90 Å². The van der Waals surface area contributed by atoms with Crippen molar-refractivity contribution >= 4 is 6.08 Å². The van der Waals surface area contributed by atoms with Crippen LogP contribution in [0.15, 0.2) is 54.3 Å². The van der Waals surface area contributed by atoms with Gasteiger partial charge in [-0.05, 0) is 30.0 Å². The molecule has 1 saturated heterocycles. The number of benzene rings is 1. The highest BCUT2D eigenvalue weighted by atomic mass is 15.2. The van der Waals surface area contributed by atoms with E-state index in [0.717, 1.165) is 5.92 Å². The van der Waals surface area contributed by atoms with Crippen LogP contribution in [-0.4, -0.2) is 11.4 Å². The molecule has 90 valence electrons. The molecule has 4 rings (SSSR count). The van der Waals surface area contributed by atoms with E-state index >= 15 is 0 Å². The summed E-state index contributed by atoms with van der Waals surface area (Å²) in [6, 6.07) is 9.23. The summed E-state index contributed by atoms with van der Waals surface area (Å²) in [5, 5.41) is 0. The summed E-state index contributed by atoms with van der Waals surface area (Å²) in [4.78, 5) is 2.59. The first-order valence-electron chi connectivity index (χ1n) is 6.84. The van der Waals surface area contributed by atoms with Gasteiger partial charge in [-0.25, -0.2) is 0 Å². The number of nitrogens with zero attached hydrogens (tertiary/aromatic N) is 1. The molecule has 18 heavy (non-hydrogen) atoms. The maximum absolute atomic E-state index is 2.59. The average molecular weight is 235 g/mol. The number of rotatable bonds is 1. The zero-order chi connectivity index (χ0) is 11.9. The molecule has 2 aliphatic carbocycles. The minimum atomic E-state index is 0.462. The van der Waals surface area contributed by atoms with Crippen molar-refractivity contribution in [2.24, 2.45) is 5.92 Å². The molecule has 0 amide bonds. The van der Waals surface area contributed by atoms with Gasteiger partial charge in [-0.2, -0.15) is 0 Å². The third kappa shape index (κ3) is 1.40. The maximum Gasteiger partial charge on any atom is 0.0732 e. The Morgan fingerprint density at radius 2 is 2.11 bits per heavy atom. The van der Waals surface area contributed by atoms with Gasteiger partial charge >= 0.3 is 0 Å². The van der Waals surface area contributed by atoms with E-state index in [1.807, 2.05) is 0 Å². The van der Waals surface area contributed by atoms with Crippen LogP contribution in [0.5, 0.6) is 0 Å². The van der Waals surface area contributed by atoms with E-state index in [4.69, 9.17) is 0 Å². The summed E-state index contributed by atoms with van der Waals surface area (Å²) in [6.45, 7) is 1.20. The minimum absolute atomic E-state index is 0.462. The summed E-state index contributed by atoms with van der Waals surface area (Å²) in [5.41, 5.74) is 4.40. The predicted molar refractivity (Wildman–Crippen MR) is 74.9 cm³/mol. The third-order valence-corrected chi connectivity index (χ3v) is 4.40. The molecule has 0 aromatic heterocycles. The summed E-state index contributed by atoms with van der Waals surface area (Å²) < 4.78 is 0. The molecule has 1 aromatic carbocycles. The zero-order valence-electron chi connectivity index (χ0n) is 10.4. The lowest BCUT2D eigenvalue weighted by atomic mass is 9.96. The molecule has 1 aromatic rings. The Labute approximate surface area is 108 Å². The SMILES string of the molecule is C1=CCC2CCN(C3C=Cc4ccccc43)C2=C1. The first kappa shape index (κ1) is 10.2. The Morgan fingerprint density at radius 3 is 3.11 bits per heavy atom. The van der Waals surface area contributed by atoms with Crippen molar-refractivity contribution in [3.8, 4) is 0 Å². The van der Waals surface area contributed by atoms with Gasteiger partial charge in [-0.15, -0.1) is 0 Å². The van der Waals surface area contributed by atoms with Crippen LogP contribution in [0, 0.1) is 5.92 Å². The number of likely N-dealkylation sites (tertiary alicyclic amines) is 1. The number of allylic oxidation sites excluding steroid dienone is 4. The van der Waals surface area contributed by atoms with Crippen LogP contribution in [-0.2, 0) is 0 Å². The Kier molecular flexibility index (Phi) is 2.19. The largest absolute Gasteiger partial charge is 0.364 e. The van der Waals surface area contributed by atoms with Gasteiger partial charge in [0.05, 0.1) is 6.04 Å². The molecule has 3 aliphatic rings. The first-order valence-corrected chi connectivity index (χ1v) is 6.84. The van der Waals surface area contributed by atoms with Crippen LogP contribution in [0.25, 0.3) is 6.08 Å². The average Bonchev–Trinajstić information content (AvgIpc) is 3.01. The number of fused-ring (bicyclic) bond motifs is 2. The molecule has 1 heterocycles. The van der Waals surface area contributed by atoms with Gasteiger partial charge in [0.15, 0.2) is 0 Å². The monoisotopic (exact) mass is 235 g/mol. The fourth-order valence-corrected chi connectivity index (χ4v) is 3.49. The molecule has 0 saturated carbocycles. The van der Waals surface area contributed by atoms with Gasteiger partial charge in [0.2, 0.25) is 0 Å². The van der Waals surface area contributed by atoms with Crippen LogP contribution in [0.1, 0.15) is 30.0 Å². The lowest BCUT2D eigenvalue weighted by Gasteiger charge is -2.29. The lowest BCUT2D eigenvalue weighted by molar-refractivity contribution is 0.337. The maximum atomic E-state index is 2.59. The molecule has 0 bridgehead atoms. The van der Waals surface area contributed by atoms with Crippen molar-refractivity contribution < 1.29 is 0 Å². The fourth-order valence-electron chi connectivity index (χ4n) is 3.49. The Morgan fingerprint density at radius 1 is 1.17 bits per heavy atom. The van der Waals surface area contributed by atoms with Crippen LogP contribution < -0.4 is 0 Å². The summed E-state index contributed by atoms with van der Waals surface area (Å²) in [5.74, 6) is 0.760. The minimum Gasteiger partial charge on any atom is -0.364 e. The van der Waals surface area contributed by atoms with E-state index in [2.05, 4.69) is 59.5 Å². The molecule has 1 nitrogen and oxygen atoms in total. The summed E-state index contributed by atoms with van der Waals surface area (Å²) in [6.07, 6.45) is 14.0. The fraction of sp³-hybridized carbons (Fsp3) is 0.294. The normalized spacial score (nSPS) is 28.2. The lowest BCUT2D eigenvalue weighted by Crippen LogP contribution is -2.23. The molecular formula is C17H17N. The van der Waals surface area contributed by atoms with Crippen molar-refractivity contribution in [2.45, 2.75) is 18.9 Å². The van der Waals surface area contributed by atoms with E-state index in [9.17, 15) is 0 Å². The van der Waals surface area contributed by atoms with Crippen LogP contribution in [0.2, 0.25) is 0 Å². The van der Waals surface area contributed by atoms with Crippen molar-refractivity contribution in [2.75, 3.05) is 6.54 Å². The highest BCUT2D eigenvalue weighted by Crippen LogP contribution is 2.42. The van der Waals surface area contributed by atoms with E-state index in [-0.39, 0.29) is 0 Å². The quantitative estimate of drug-likeness (QED) is 0.713. The van der Waals surface area contributed by atoms with Gasteiger partial charge in [0.1, 0.15) is 0 Å². The topological polar surface area (TPSA) is 3.24 Å². The Bertz CT molecular complexity index is 565. The third-order valence-electron chi connectivity index (χ3n) is 4.40. The van der Waals surface area contributed by atoms with E-state index in [1.54, 1.807) is 5.70 Å². The van der Waals surface area contributed by atoms with Gasteiger partial charge in [-0.3, -0.25) is 0 Å². The Balaban J connectivity index is 1.72. The Hall–Kier alpha value is -1.76. The molecule has 0 radical (unpaired) electrons. The van der Waals surface area contributed by atoms with E-state index < -0.39 is 0 Å². The smallest absolute Gasteiger partial charge is 0.0732 e. The molecule has 0 N–H and O–H groups in total. The van der Waals surface area contributed by atoms with Crippen LogP contribution >= 0.6 is 0 Å². The molecule has 2 atom stereocenters. The molecule has 0 spiro atoms. The summed E-state index contributed by atoms with van der Waals surface area (Å²) in [7, 11) is 0. The predicted octanol–water partition coefficient (Wildman–Crippen LogP) is 3.92. The van der Waals surface area contributed by atoms with Gasteiger partial charge in [0, 0.05) is 18.2 Å². The standard InChI is InChI=1S/C17H17N/c1-3-7-15-13(5-1)9-10-17(15)18-12-11-14-6-2-4-8-16(14)18/h1-5,7-10,14,17H,6,11-12H2. The zero-order valence-corrected chi connectivity index (χ0v) is 10.4. The van der Waals surface area contributed by atoms with Crippen molar-refractivity contribution in [1.82, 2.24) is 4.90 Å². The van der Waals surface area contributed by atoms with E-state index in [1.165, 1.54) is 30.5 Å². The van der Waals surface area contributed by atoms with Crippen molar-refractivity contribution in [3.63, 3.8) is 0 Å². The van der Waals surface area contributed by atoms with Crippen molar-refractivity contribution in [1.29, 1.82) is 0 Å². The first-order chi connectivity index (χ1) is 8.93. The molecule has 1 fully saturated rings. The second-order valence-corrected chi connectivity index (χ2v) is 5.37. The van der Waals surface area contributed by atoms with E-state index in [0.29, 0.717) is 6.04 Å². The molecular weight excluding hydrogens is 218 g/mol. The van der Waals surface area contributed by atoms with Crippen LogP contribution in [0.4, 0.5) is 0 Å². The number of hydrogen-bond donors (Lipinski definition) is 0. The molecule has 1 heteroatoms. The number of hydrogen-bond acceptors (Lipinski definition) is 1. The highest BCUT2D eigenvalue weighted by molar-refractivity contribution is 5.62. The molecule has 2 unspecified atom stereocenters. The second kappa shape index (κ2) is 3.88.